The number of hydrogen-bond acceptors (Lipinski definition) is 14. The molecule has 0 bridgehead atoms. The van der Waals surface area contributed by atoms with Crippen molar-refractivity contribution in [3.63, 3.8) is 0 Å². The number of pyridine rings is 3. The molecule has 0 saturated carbocycles. The van der Waals surface area contributed by atoms with Gasteiger partial charge in [-0.3, -0.25) is 34.8 Å². The number of aromatic hydroxyl groups is 2. The molecule has 2 aromatic carbocycles. The Morgan fingerprint density at radius 1 is 0.730 bits per heavy atom. The molecule has 10 rings (SSSR count). The Bertz CT molecular complexity index is 3300. The van der Waals surface area contributed by atoms with Gasteiger partial charge in [-0.25, -0.2) is 28.3 Å². The van der Waals surface area contributed by atoms with Crippen LogP contribution in [0.3, 0.4) is 0 Å². The number of carbonyl (C=O) groups excluding carboxylic acids is 6. The molecule has 0 aliphatic carbocycles. The predicted molar refractivity (Wildman–Crippen MR) is 273 cm³/mol. The zero-order valence-corrected chi connectivity index (χ0v) is 45.5. The average Bonchev–Trinajstić information content (AvgIpc) is 4.14. The maximum Gasteiger partial charge on any atom is 0.323 e. The number of aryl methyl sites for hydroxylation is 3. The van der Waals surface area contributed by atoms with Crippen LogP contribution in [0.5, 0.6) is 23.0 Å². The van der Waals surface area contributed by atoms with Gasteiger partial charge in [0.25, 0.3) is 23.6 Å². The monoisotopic (exact) mass is 1270 g/mol. The van der Waals surface area contributed by atoms with E-state index < -0.39 is 58.4 Å². The standard InChI is InChI=1S/C21H16BrFN4O5.C15H12FN3O4.C6H5Br2NO.C6H6BrNO/c1-9-11(22)5-14-12(24-9)6-15(32-14)21(19(29)25-20(30)26-21)8-27-7-10-3-4-13(31-2)17(23)16(10)18(27)28;1-3-15(13(21)17-14(22)18-15)7-19-6-8-4-5-9(23-2)11(16)10(8)12(19)20;1-3-4(7)2-5(10)6(8)9-3;1-4-6(7)2-5(9)3-8-4/h3-6H,7-8H2,1-2H3,(H2,25,26,29,30);1,4-5H,6-7H2,2H3,(H2,17,18,21,22);2,10H,1H3;2-3,9H,1H3/t21-;15-;;/m01../s1. The minimum atomic E-state index is -1.70. The highest BCUT2D eigenvalue weighted by Gasteiger charge is 2.53. The van der Waals surface area contributed by atoms with Crippen LogP contribution in [0.15, 0.2) is 77.2 Å². The van der Waals surface area contributed by atoms with Gasteiger partial charge in [0.2, 0.25) is 0 Å². The van der Waals surface area contributed by atoms with E-state index in [1.54, 1.807) is 43.3 Å². The number of aromatic nitrogens is 3. The van der Waals surface area contributed by atoms with Gasteiger partial charge in [0.15, 0.2) is 39.8 Å². The molecular formula is C48H39Br4F2N9O11. The van der Waals surface area contributed by atoms with Crippen molar-refractivity contribution in [3.8, 4) is 35.3 Å². The van der Waals surface area contributed by atoms with E-state index in [9.17, 15) is 37.5 Å². The fourth-order valence-corrected chi connectivity index (χ4v) is 9.15. The van der Waals surface area contributed by atoms with Crippen LogP contribution in [0, 0.1) is 44.7 Å². The maximum absolute atomic E-state index is 14.7. The first kappa shape index (κ1) is 54.6. The number of hydrogen-bond donors (Lipinski definition) is 6. The summed E-state index contributed by atoms with van der Waals surface area (Å²) in [6, 6.07) is 11.1. The second kappa shape index (κ2) is 21.7. The molecule has 384 valence electrons. The first-order chi connectivity index (χ1) is 35.0. The number of nitrogens with one attached hydrogen (secondary N) is 4. The fraction of sp³-hybridized carbons (Fsp3) is 0.229. The smallest absolute Gasteiger partial charge is 0.323 e. The number of carbonyl (C=O) groups is 6. The summed E-state index contributed by atoms with van der Waals surface area (Å²) in [5, 5.41) is 27.1. The molecule has 20 nitrogen and oxygen atoms in total. The Hall–Kier alpha value is -7.21. The number of fused-ring (bicyclic) bond motifs is 3. The van der Waals surface area contributed by atoms with Crippen LogP contribution in [-0.2, 0) is 28.2 Å². The largest absolute Gasteiger partial charge is 0.506 e. The van der Waals surface area contributed by atoms with Crippen molar-refractivity contribution in [2.75, 3.05) is 27.3 Å². The van der Waals surface area contributed by atoms with Crippen LogP contribution < -0.4 is 30.7 Å². The molecule has 2 atom stereocenters. The second-order valence-electron chi connectivity index (χ2n) is 16.5. The number of amides is 8. The molecule has 0 spiro atoms. The van der Waals surface area contributed by atoms with Crippen LogP contribution in [0.25, 0.3) is 11.1 Å². The number of nitrogens with zero attached hydrogens (tertiary/aromatic N) is 5. The third kappa shape index (κ3) is 10.7. The Kier molecular flexibility index (Phi) is 16.0. The number of benzene rings is 2. The normalized spacial score (nSPS) is 18.1. The molecule has 4 aromatic heterocycles. The third-order valence-corrected chi connectivity index (χ3v) is 14.7. The summed E-state index contributed by atoms with van der Waals surface area (Å²) in [6.07, 6.45) is 6.78. The van der Waals surface area contributed by atoms with E-state index in [2.05, 4.69) is 101 Å². The summed E-state index contributed by atoms with van der Waals surface area (Å²) in [7, 11) is 2.61. The molecule has 0 radical (unpaired) electrons. The van der Waals surface area contributed by atoms with Gasteiger partial charge in [-0.05, 0) is 126 Å². The summed E-state index contributed by atoms with van der Waals surface area (Å²) < 4.78 is 47.6. The summed E-state index contributed by atoms with van der Waals surface area (Å²) >= 11 is 12.9. The molecule has 2 fully saturated rings. The lowest BCUT2D eigenvalue weighted by Gasteiger charge is -2.28. The molecule has 26 heteroatoms. The Morgan fingerprint density at radius 2 is 1.26 bits per heavy atom. The minimum Gasteiger partial charge on any atom is -0.506 e. The quantitative estimate of drug-likeness (QED) is 0.0524. The zero-order valence-electron chi connectivity index (χ0n) is 39.2. The number of halogens is 6. The van der Waals surface area contributed by atoms with Crippen molar-refractivity contribution in [2.45, 2.75) is 44.9 Å². The van der Waals surface area contributed by atoms with Gasteiger partial charge in [-0.2, -0.15) is 0 Å². The zero-order chi connectivity index (χ0) is 54.1. The number of methoxy groups -OCH3 is 2. The summed E-state index contributed by atoms with van der Waals surface area (Å²) in [4.78, 5) is 88.5. The van der Waals surface area contributed by atoms with Gasteiger partial charge in [0, 0.05) is 32.6 Å². The van der Waals surface area contributed by atoms with Crippen LogP contribution in [0.4, 0.5) is 18.4 Å². The summed E-state index contributed by atoms with van der Waals surface area (Å²) in [6.45, 7) is 5.15. The molecule has 4 aliphatic rings. The molecule has 6 N–H and O–H groups in total. The van der Waals surface area contributed by atoms with Crippen molar-refractivity contribution in [2.24, 2.45) is 0 Å². The number of furan rings is 1. The lowest BCUT2D eigenvalue weighted by atomic mass is 9.95. The van der Waals surface area contributed by atoms with Crippen molar-refractivity contribution in [1.82, 2.24) is 46.0 Å². The molecule has 4 aliphatic heterocycles. The Labute approximate surface area is 452 Å². The topological polar surface area (TPSA) is 268 Å². The van der Waals surface area contributed by atoms with Gasteiger partial charge in [-0.1, -0.05) is 18.1 Å². The van der Waals surface area contributed by atoms with E-state index in [0.29, 0.717) is 32.5 Å². The van der Waals surface area contributed by atoms with Crippen LogP contribution in [-0.4, -0.2) is 104 Å². The third-order valence-electron chi connectivity index (χ3n) is 11.7. The lowest BCUT2D eigenvalue weighted by Crippen LogP contribution is -2.54. The maximum atomic E-state index is 14.7. The van der Waals surface area contributed by atoms with Gasteiger partial charge in [-0.15, -0.1) is 6.42 Å². The van der Waals surface area contributed by atoms with E-state index in [1.165, 1.54) is 42.3 Å². The number of rotatable bonds is 7. The van der Waals surface area contributed by atoms with Crippen LogP contribution in [0.2, 0.25) is 0 Å². The van der Waals surface area contributed by atoms with E-state index >= 15 is 0 Å². The van der Waals surface area contributed by atoms with Crippen molar-refractivity contribution in [3.05, 3.63) is 129 Å². The SMILES string of the molecule is C#C[C@]1(CN2Cc3ccc(OC)c(F)c3C2=O)NC(=O)NC1=O.COc1ccc2c(c1F)C(=O)N(C[C@@]1(c3cc4nc(C)c(Br)cc4o3)NC(=O)NC1=O)C2.Cc1nc(Br)c(O)cc1Br.Cc1ncc(O)cc1Br. The van der Waals surface area contributed by atoms with E-state index in [0.717, 1.165) is 24.8 Å². The number of terminal acetylenes is 1. The molecule has 74 heavy (non-hydrogen) atoms. The highest BCUT2D eigenvalue weighted by atomic mass is 79.9. The molecule has 8 heterocycles. The van der Waals surface area contributed by atoms with Crippen LogP contribution >= 0.6 is 63.7 Å². The second-order valence-corrected chi connectivity index (χ2v) is 19.8. The Balaban J connectivity index is 0.000000164. The fourth-order valence-electron chi connectivity index (χ4n) is 7.83. The van der Waals surface area contributed by atoms with Crippen LogP contribution in [0.1, 0.15) is 54.7 Å². The number of ether oxygens (including phenoxy) is 2. The van der Waals surface area contributed by atoms with E-state index in [4.69, 9.17) is 30.5 Å². The van der Waals surface area contributed by atoms with Gasteiger partial charge >= 0.3 is 12.1 Å². The molecule has 2 saturated heterocycles. The lowest BCUT2D eigenvalue weighted by molar-refractivity contribution is -0.125. The summed E-state index contributed by atoms with van der Waals surface area (Å²) in [5.41, 5.74) is 0.677. The van der Waals surface area contributed by atoms with Crippen molar-refractivity contribution in [1.29, 1.82) is 0 Å². The number of urea groups is 2. The first-order valence-corrected chi connectivity index (χ1v) is 24.6. The minimum absolute atomic E-state index is 0.0440. The van der Waals surface area contributed by atoms with Gasteiger partial charge < -0.3 is 44.5 Å². The van der Waals surface area contributed by atoms with Gasteiger partial charge in [0.05, 0.1) is 61.7 Å². The highest BCUT2D eigenvalue weighted by molar-refractivity contribution is 9.11. The van der Waals surface area contributed by atoms with Crippen molar-refractivity contribution >= 4 is 111 Å². The molecular weight excluding hydrogens is 1240 g/mol. The van der Waals surface area contributed by atoms with Gasteiger partial charge in [0.1, 0.15) is 27.4 Å². The molecule has 8 amide bonds. The Morgan fingerprint density at radius 3 is 1.74 bits per heavy atom. The van der Waals surface area contributed by atoms with E-state index in [-0.39, 0.29) is 66.1 Å². The molecule has 6 aromatic rings. The number of imide groups is 2. The molecule has 0 unspecified atom stereocenters. The highest BCUT2D eigenvalue weighted by Crippen LogP contribution is 2.37. The summed E-state index contributed by atoms with van der Waals surface area (Å²) in [5.74, 6) is -1.57. The van der Waals surface area contributed by atoms with E-state index in [1.807, 2.05) is 19.2 Å². The first-order valence-electron chi connectivity index (χ1n) is 21.4. The predicted octanol–water partition coefficient (Wildman–Crippen LogP) is 7.22. The average molecular weight is 1280 g/mol. The van der Waals surface area contributed by atoms with Crippen molar-refractivity contribution < 1.29 is 61.7 Å².